The second kappa shape index (κ2) is 6.20. The normalized spacial score (nSPS) is 14.6. The standard InChI is InChI=1S/C22H20N4O/c1-25-13-17-11-18(8-10-20(17)24-25)26-14-23-21-12-16(7-9-19(21)22(26)27)15-5-3-2-4-6-15/h5,7-14H,2-4,6H2,1H3. The molecule has 0 spiro atoms. The monoisotopic (exact) mass is 356 g/mol. The van der Waals surface area contributed by atoms with E-state index in [1.54, 1.807) is 15.6 Å². The van der Waals surface area contributed by atoms with Crippen LogP contribution in [0.3, 0.4) is 0 Å². The van der Waals surface area contributed by atoms with Crippen LogP contribution in [0.1, 0.15) is 31.2 Å². The van der Waals surface area contributed by atoms with Gasteiger partial charge in [0.15, 0.2) is 0 Å². The van der Waals surface area contributed by atoms with E-state index < -0.39 is 0 Å². The van der Waals surface area contributed by atoms with E-state index in [4.69, 9.17) is 0 Å². The van der Waals surface area contributed by atoms with E-state index in [9.17, 15) is 4.79 Å². The van der Waals surface area contributed by atoms with Gasteiger partial charge in [0.05, 0.1) is 22.1 Å². The van der Waals surface area contributed by atoms with E-state index in [2.05, 4.69) is 22.2 Å². The Balaban J connectivity index is 1.62. The van der Waals surface area contributed by atoms with Crippen LogP contribution in [-0.2, 0) is 7.05 Å². The van der Waals surface area contributed by atoms with E-state index in [0.717, 1.165) is 34.9 Å². The van der Waals surface area contributed by atoms with Crippen LogP contribution >= 0.6 is 0 Å². The molecule has 27 heavy (non-hydrogen) atoms. The van der Waals surface area contributed by atoms with Gasteiger partial charge in [-0.05, 0) is 67.2 Å². The maximum atomic E-state index is 13.0. The van der Waals surface area contributed by atoms with Crippen molar-refractivity contribution in [1.29, 1.82) is 0 Å². The number of aromatic nitrogens is 4. The molecular formula is C22H20N4O. The summed E-state index contributed by atoms with van der Waals surface area (Å²) < 4.78 is 3.38. The number of allylic oxidation sites excluding steroid dienone is 2. The Morgan fingerprint density at radius 1 is 1.04 bits per heavy atom. The van der Waals surface area contributed by atoms with Crippen molar-refractivity contribution in [2.45, 2.75) is 25.7 Å². The molecule has 0 fully saturated rings. The van der Waals surface area contributed by atoms with Crippen molar-refractivity contribution >= 4 is 27.4 Å². The summed E-state index contributed by atoms with van der Waals surface area (Å²) in [6, 6.07) is 11.8. The van der Waals surface area contributed by atoms with Gasteiger partial charge in [0.25, 0.3) is 5.56 Å². The van der Waals surface area contributed by atoms with Gasteiger partial charge in [-0.2, -0.15) is 5.10 Å². The van der Waals surface area contributed by atoms with Crippen molar-refractivity contribution in [2.24, 2.45) is 7.05 Å². The average molecular weight is 356 g/mol. The molecular weight excluding hydrogens is 336 g/mol. The molecule has 2 heterocycles. The summed E-state index contributed by atoms with van der Waals surface area (Å²) in [7, 11) is 1.89. The summed E-state index contributed by atoms with van der Waals surface area (Å²) in [6.45, 7) is 0. The summed E-state index contributed by atoms with van der Waals surface area (Å²) in [6.07, 6.45) is 10.6. The lowest BCUT2D eigenvalue weighted by molar-refractivity contribution is 0.742. The minimum Gasteiger partial charge on any atom is -0.275 e. The zero-order chi connectivity index (χ0) is 18.4. The van der Waals surface area contributed by atoms with Crippen molar-refractivity contribution in [3.8, 4) is 5.69 Å². The fourth-order valence-electron chi connectivity index (χ4n) is 3.89. The lowest BCUT2D eigenvalue weighted by Crippen LogP contribution is -2.18. The number of hydrogen-bond acceptors (Lipinski definition) is 3. The van der Waals surface area contributed by atoms with Gasteiger partial charge in [0.2, 0.25) is 0 Å². The van der Waals surface area contributed by atoms with Crippen molar-refractivity contribution in [3.05, 3.63) is 70.9 Å². The highest BCUT2D eigenvalue weighted by molar-refractivity contribution is 5.83. The molecule has 0 bridgehead atoms. The number of benzene rings is 2. The average Bonchev–Trinajstić information content (AvgIpc) is 3.08. The number of nitrogens with zero attached hydrogens (tertiary/aromatic N) is 4. The van der Waals surface area contributed by atoms with E-state index in [1.165, 1.54) is 24.0 Å². The highest BCUT2D eigenvalue weighted by atomic mass is 16.1. The Morgan fingerprint density at radius 3 is 2.81 bits per heavy atom. The van der Waals surface area contributed by atoms with Crippen molar-refractivity contribution in [1.82, 2.24) is 19.3 Å². The molecule has 5 rings (SSSR count). The number of fused-ring (bicyclic) bond motifs is 2. The largest absolute Gasteiger partial charge is 0.275 e. The van der Waals surface area contributed by atoms with E-state index in [0.29, 0.717) is 5.39 Å². The molecule has 1 aliphatic carbocycles. The quantitative estimate of drug-likeness (QED) is 0.540. The third kappa shape index (κ3) is 2.76. The first-order chi connectivity index (χ1) is 13.2. The molecule has 0 saturated heterocycles. The molecule has 1 aliphatic rings. The molecule has 0 radical (unpaired) electrons. The Bertz CT molecular complexity index is 1260. The number of aryl methyl sites for hydroxylation is 1. The van der Waals surface area contributed by atoms with Crippen LogP contribution in [0.2, 0.25) is 0 Å². The van der Waals surface area contributed by atoms with Gasteiger partial charge < -0.3 is 0 Å². The highest BCUT2D eigenvalue weighted by Gasteiger charge is 2.11. The topological polar surface area (TPSA) is 52.7 Å². The Labute approximate surface area is 156 Å². The second-order valence-corrected chi connectivity index (χ2v) is 7.17. The van der Waals surface area contributed by atoms with E-state index in [-0.39, 0.29) is 5.56 Å². The zero-order valence-corrected chi connectivity index (χ0v) is 15.2. The van der Waals surface area contributed by atoms with Gasteiger partial charge in [-0.3, -0.25) is 14.0 Å². The van der Waals surface area contributed by atoms with Gasteiger partial charge in [-0.1, -0.05) is 12.1 Å². The molecule has 4 aromatic rings. The van der Waals surface area contributed by atoms with Crippen LogP contribution in [0, 0.1) is 0 Å². The third-order valence-corrected chi connectivity index (χ3v) is 5.30. The van der Waals surface area contributed by atoms with Gasteiger partial charge >= 0.3 is 0 Å². The molecule has 134 valence electrons. The first kappa shape index (κ1) is 16.0. The number of hydrogen-bond donors (Lipinski definition) is 0. The zero-order valence-electron chi connectivity index (χ0n) is 15.2. The lowest BCUT2D eigenvalue weighted by atomic mass is 9.93. The molecule has 0 saturated carbocycles. The molecule has 2 aromatic carbocycles. The fraction of sp³-hybridized carbons (Fsp3) is 0.227. The first-order valence-corrected chi connectivity index (χ1v) is 9.34. The minimum atomic E-state index is -0.0487. The van der Waals surface area contributed by atoms with Gasteiger partial charge in [0, 0.05) is 18.6 Å². The summed E-state index contributed by atoms with van der Waals surface area (Å²) in [4.78, 5) is 17.6. The van der Waals surface area contributed by atoms with Crippen LogP contribution in [0.25, 0.3) is 33.1 Å². The molecule has 5 heteroatoms. The van der Waals surface area contributed by atoms with E-state index in [1.807, 2.05) is 43.6 Å². The summed E-state index contributed by atoms with van der Waals surface area (Å²) in [5, 5.41) is 6.03. The van der Waals surface area contributed by atoms with Crippen molar-refractivity contribution < 1.29 is 0 Å². The predicted octanol–water partition coefficient (Wildman–Crippen LogP) is 4.23. The van der Waals surface area contributed by atoms with Gasteiger partial charge in [-0.15, -0.1) is 0 Å². The first-order valence-electron chi connectivity index (χ1n) is 9.34. The molecule has 0 atom stereocenters. The highest BCUT2D eigenvalue weighted by Crippen LogP contribution is 2.28. The van der Waals surface area contributed by atoms with Crippen LogP contribution in [-0.4, -0.2) is 19.3 Å². The number of rotatable bonds is 2. The van der Waals surface area contributed by atoms with E-state index >= 15 is 0 Å². The second-order valence-electron chi connectivity index (χ2n) is 7.17. The minimum absolute atomic E-state index is 0.0487. The molecule has 0 aliphatic heterocycles. The summed E-state index contributed by atoms with van der Waals surface area (Å²) >= 11 is 0. The van der Waals surface area contributed by atoms with Gasteiger partial charge in [-0.25, -0.2) is 4.98 Å². The summed E-state index contributed by atoms with van der Waals surface area (Å²) in [5.74, 6) is 0. The molecule has 0 amide bonds. The van der Waals surface area contributed by atoms with Crippen LogP contribution in [0.4, 0.5) is 0 Å². The SMILES string of the molecule is Cn1cc2cc(-n3cnc4cc(C5=CCCCC5)ccc4c3=O)ccc2n1. The maximum absolute atomic E-state index is 13.0. The molecule has 2 aromatic heterocycles. The van der Waals surface area contributed by atoms with Crippen molar-refractivity contribution in [3.63, 3.8) is 0 Å². The fourth-order valence-corrected chi connectivity index (χ4v) is 3.89. The molecule has 0 N–H and O–H groups in total. The Morgan fingerprint density at radius 2 is 1.96 bits per heavy atom. The Kier molecular flexibility index (Phi) is 3.67. The lowest BCUT2D eigenvalue weighted by Gasteiger charge is -2.13. The van der Waals surface area contributed by atoms with Crippen LogP contribution < -0.4 is 5.56 Å². The molecule has 5 nitrogen and oxygen atoms in total. The maximum Gasteiger partial charge on any atom is 0.265 e. The smallest absolute Gasteiger partial charge is 0.265 e. The summed E-state index contributed by atoms with van der Waals surface area (Å²) in [5.41, 5.74) is 4.97. The predicted molar refractivity (Wildman–Crippen MR) is 108 cm³/mol. The van der Waals surface area contributed by atoms with Crippen LogP contribution in [0.5, 0.6) is 0 Å². The molecule has 0 unspecified atom stereocenters. The van der Waals surface area contributed by atoms with Crippen molar-refractivity contribution in [2.75, 3.05) is 0 Å². The Hall–Kier alpha value is -3.21. The van der Waals surface area contributed by atoms with Crippen LogP contribution in [0.15, 0.2) is 59.8 Å². The van der Waals surface area contributed by atoms with Gasteiger partial charge in [0.1, 0.15) is 6.33 Å². The third-order valence-electron chi connectivity index (χ3n) is 5.30.